The maximum absolute atomic E-state index is 12.2. The Balaban J connectivity index is 1.50. The van der Waals surface area contributed by atoms with Crippen LogP contribution < -0.4 is 10.1 Å². The zero-order chi connectivity index (χ0) is 18.6. The number of hydrogen-bond donors (Lipinski definition) is 2. The van der Waals surface area contributed by atoms with Crippen molar-refractivity contribution in [3.8, 4) is 5.75 Å². The number of hydrogen-bond acceptors (Lipinski definition) is 3. The fourth-order valence-electron chi connectivity index (χ4n) is 3.00. The van der Waals surface area contributed by atoms with Gasteiger partial charge in [0.1, 0.15) is 5.75 Å². The lowest BCUT2D eigenvalue weighted by molar-refractivity contribution is -0.111. The van der Waals surface area contributed by atoms with Gasteiger partial charge in [-0.05, 0) is 49.4 Å². The van der Waals surface area contributed by atoms with Crippen molar-refractivity contribution in [1.82, 2.24) is 9.97 Å². The molecule has 5 heteroatoms. The summed E-state index contributed by atoms with van der Waals surface area (Å²) in [4.78, 5) is 19.9. The number of amides is 1. The molecule has 0 unspecified atom stereocenters. The van der Waals surface area contributed by atoms with Crippen molar-refractivity contribution < 1.29 is 9.53 Å². The van der Waals surface area contributed by atoms with E-state index in [1.807, 2.05) is 55.5 Å². The molecule has 2 aromatic heterocycles. The summed E-state index contributed by atoms with van der Waals surface area (Å²) in [7, 11) is 0. The average molecular weight is 357 g/mol. The molecule has 0 aliphatic heterocycles. The first-order valence-electron chi connectivity index (χ1n) is 8.81. The number of nitrogens with one attached hydrogen (secondary N) is 2. The molecular weight excluding hydrogens is 338 g/mol. The molecule has 0 radical (unpaired) electrons. The Morgan fingerprint density at radius 1 is 1.11 bits per heavy atom. The molecule has 0 bridgehead atoms. The molecule has 2 aromatic carbocycles. The number of rotatable bonds is 5. The number of pyridine rings is 1. The highest BCUT2D eigenvalue weighted by Crippen LogP contribution is 2.25. The molecule has 4 rings (SSSR count). The van der Waals surface area contributed by atoms with Crippen LogP contribution in [-0.2, 0) is 4.79 Å². The van der Waals surface area contributed by atoms with Gasteiger partial charge in [0.2, 0.25) is 5.91 Å². The Bertz CT molecular complexity index is 1130. The van der Waals surface area contributed by atoms with Gasteiger partial charge >= 0.3 is 0 Å². The van der Waals surface area contributed by atoms with Crippen molar-refractivity contribution in [3.05, 3.63) is 72.6 Å². The molecule has 4 aromatic rings. The van der Waals surface area contributed by atoms with Crippen molar-refractivity contribution in [1.29, 1.82) is 0 Å². The minimum atomic E-state index is -0.208. The van der Waals surface area contributed by atoms with E-state index >= 15 is 0 Å². The summed E-state index contributed by atoms with van der Waals surface area (Å²) in [5, 5.41) is 5.06. The Morgan fingerprint density at radius 2 is 1.93 bits per heavy atom. The summed E-state index contributed by atoms with van der Waals surface area (Å²) in [6.45, 7) is 2.55. The second kappa shape index (κ2) is 7.33. The maximum atomic E-state index is 12.2. The SMILES string of the molecule is CCOc1ccc(NC(=O)/C=C/c2cc3c(cn2)[nH]c2ccccc23)cc1. The summed E-state index contributed by atoms with van der Waals surface area (Å²) in [6, 6.07) is 17.4. The first kappa shape index (κ1) is 16.8. The third-order valence-corrected chi connectivity index (χ3v) is 4.25. The second-order valence-electron chi connectivity index (χ2n) is 6.11. The predicted molar refractivity (Wildman–Crippen MR) is 109 cm³/mol. The molecule has 0 aliphatic carbocycles. The lowest BCUT2D eigenvalue weighted by Gasteiger charge is -2.05. The van der Waals surface area contributed by atoms with Crippen LogP contribution in [0.25, 0.3) is 27.9 Å². The van der Waals surface area contributed by atoms with Gasteiger partial charge < -0.3 is 15.0 Å². The van der Waals surface area contributed by atoms with Gasteiger partial charge in [-0.15, -0.1) is 0 Å². The van der Waals surface area contributed by atoms with Crippen LogP contribution in [0.15, 0.2) is 66.9 Å². The van der Waals surface area contributed by atoms with E-state index in [0.717, 1.165) is 33.2 Å². The van der Waals surface area contributed by atoms with Gasteiger partial charge in [-0.3, -0.25) is 9.78 Å². The molecule has 5 nitrogen and oxygen atoms in total. The number of ether oxygens (including phenoxy) is 1. The van der Waals surface area contributed by atoms with E-state index in [2.05, 4.69) is 21.4 Å². The Kier molecular flexibility index (Phi) is 4.58. The van der Waals surface area contributed by atoms with Crippen LogP contribution in [0.1, 0.15) is 12.6 Å². The number of carbonyl (C=O) groups excluding carboxylic acids is 1. The molecule has 0 spiro atoms. The number of aromatic amines is 1. The smallest absolute Gasteiger partial charge is 0.248 e. The van der Waals surface area contributed by atoms with Crippen LogP contribution in [-0.4, -0.2) is 22.5 Å². The van der Waals surface area contributed by atoms with Gasteiger partial charge in [-0.1, -0.05) is 18.2 Å². The molecule has 2 N–H and O–H groups in total. The van der Waals surface area contributed by atoms with E-state index in [0.29, 0.717) is 12.3 Å². The molecule has 0 aliphatic rings. The molecular formula is C22H19N3O2. The second-order valence-corrected chi connectivity index (χ2v) is 6.11. The molecule has 2 heterocycles. The van der Waals surface area contributed by atoms with Crippen LogP contribution >= 0.6 is 0 Å². The van der Waals surface area contributed by atoms with Gasteiger partial charge in [0.25, 0.3) is 0 Å². The van der Waals surface area contributed by atoms with Crippen LogP contribution in [0.5, 0.6) is 5.75 Å². The lowest BCUT2D eigenvalue weighted by Crippen LogP contribution is -2.07. The number of aromatic nitrogens is 2. The summed E-state index contributed by atoms with van der Waals surface area (Å²) in [5.74, 6) is 0.572. The summed E-state index contributed by atoms with van der Waals surface area (Å²) < 4.78 is 5.39. The molecule has 0 saturated heterocycles. The zero-order valence-electron chi connectivity index (χ0n) is 14.9. The molecule has 27 heavy (non-hydrogen) atoms. The minimum absolute atomic E-state index is 0.208. The van der Waals surface area contributed by atoms with Gasteiger partial charge in [0.05, 0.1) is 24.0 Å². The van der Waals surface area contributed by atoms with Crippen molar-refractivity contribution in [2.45, 2.75) is 6.92 Å². The van der Waals surface area contributed by atoms with E-state index in [1.54, 1.807) is 12.3 Å². The highest BCUT2D eigenvalue weighted by molar-refractivity contribution is 6.07. The zero-order valence-corrected chi connectivity index (χ0v) is 14.9. The van der Waals surface area contributed by atoms with Crippen LogP contribution in [0.2, 0.25) is 0 Å². The van der Waals surface area contributed by atoms with E-state index in [-0.39, 0.29) is 5.91 Å². The largest absolute Gasteiger partial charge is 0.494 e. The monoisotopic (exact) mass is 357 g/mol. The first-order valence-corrected chi connectivity index (χ1v) is 8.81. The quantitative estimate of drug-likeness (QED) is 0.506. The van der Waals surface area contributed by atoms with E-state index in [4.69, 9.17) is 4.74 Å². The number of fused-ring (bicyclic) bond motifs is 3. The number of H-pyrrole nitrogens is 1. The number of carbonyl (C=O) groups is 1. The predicted octanol–water partition coefficient (Wildman–Crippen LogP) is 4.77. The standard InChI is InChI=1S/C22H19N3O2/c1-2-27-17-10-7-15(8-11-17)24-22(26)12-9-16-13-19-18-5-3-4-6-20(18)25-21(19)14-23-16/h3-14,25H,2H2,1H3,(H,24,26)/b12-9+. The van der Waals surface area contributed by atoms with E-state index in [9.17, 15) is 4.79 Å². The van der Waals surface area contributed by atoms with Crippen LogP contribution in [0.4, 0.5) is 5.69 Å². The number of nitrogens with zero attached hydrogens (tertiary/aromatic N) is 1. The average Bonchev–Trinajstić information content (AvgIpc) is 3.06. The van der Waals surface area contributed by atoms with E-state index in [1.165, 1.54) is 6.08 Å². The van der Waals surface area contributed by atoms with E-state index < -0.39 is 0 Å². The van der Waals surface area contributed by atoms with Gasteiger partial charge in [-0.25, -0.2) is 0 Å². The van der Waals surface area contributed by atoms with Crippen molar-refractivity contribution >= 4 is 39.5 Å². The third kappa shape index (κ3) is 3.67. The Morgan fingerprint density at radius 3 is 2.74 bits per heavy atom. The van der Waals surface area contributed by atoms with Gasteiger partial charge in [0.15, 0.2) is 0 Å². The van der Waals surface area contributed by atoms with Gasteiger partial charge in [0, 0.05) is 28.1 Å². The third-order valence-electron chi connectivity index (χ3n) is 4.25. The normalized spacial score (nSPS) is 11.3. The molecule has 1 amide bonds. The van der Waals surface area contributed by atoms with Gasteiger partial charge in [-0.2, -0.15) is 0 Å². The highest BCUT2D eigenvalue weighted by Gasteiger charge is 2.05. The fourth-order valence-corrected chi connectivity index (χ4v) is 3.00. The summed E-state index contributed by atoms with van der Waals surface area (Å²) in [6.07, 6.45) is 4.99. The van der Waals surface area contributed by atoms with Crippen molar-refractivity contribution in [3.63, 3.8) is 0 Å². The number of para-hydroxylation sites is 1. The topological polar surface area (TPSA) is 67.0 Å². The van der Waals surface area contributed by atoms with Crippen LogP contribution in [0, 0.1) is 0 Å². The summed E-state index contributed by atoms with van der Waals surface area (Å²) in [5.41, 5.74) is 3.50. The van der Waals surface area contributed by atoms with Crippen LogP contribution in [0.3, 0.4) is 0 Å². The first-order chi connectivity index (χ1) is 13.2. The molecule has 0 fully saturated rings. The summed E-state index contributed by atoms with van der Waals surface area (Å²) >= 11 is 0. The lowest BCUT2D eigenvalue weighted by atomic mass is 10.1. The van der Waals surface area contributed by atoms with Crippen molar-refractivity contribution in [2.24, 2.45) is 0 Å². The highest BCUT2D eigenvalue weighted by atomic mass is 16.5. The van der Waals surface area contributed by atoms with Crippen molar-refractivity contribution in [2.75, 3.05) is 11.9 Å². The maximum Gasteiger partial charge on any atom is 0.248 e. The molecule has 0 atom stereocenters. The minimum Gasteiger partial charge on any atom is -0.494 e. The Hall–Kier alpha value is -3.60. The number of anilines is 1. The molecule has 134 valence electrons. The molecule has 0 saturated carbocycles. The fraction of sp³-hybridized carbons (Fsp3) is 0.0909. The Labute approximate surface area is 156 Å². The number of benzene rings is 2.